The van der Waals surface area contributed by atoms with E-state index < -0.39 is 11.7 Å². The Bertz CT molecular complexity index is 946. The van der Waals surface area contributed by atoms with E-state index in [0.29, 0.717) is 50.6 Å². The predicted molar refractivity (Wildman–Crippen MR) is 111 cm³/mol. The van der Waals surface area contributed by atoms with Crippen LogP contribution in [-0.2, 0) is 12.7 Å². The molecule has 0 saturated carbocycles. The number of carbonyl (C=O) groups excluding carboxylic acids is 1. The zero-order valence-corrected chi connectivity index (χ0v) is 17.7. The summed E-state index contributed by atoms with van der Waals surface area (Å²) in [4.78, 5) is 20.6. The maximum Gasteiger partial charge on any atom is 0.417 e. The molecular formula is C21H24ClF3N4O. The van der Waals surface area contributed by atoms with Crippen LogP contribution in [0.1, 0.15) is 27.3 Å². The summed E-state index contributed by atoms with van der Waals surface area (Å²) in [6.07, 6.45) is -1.88. The van der Waals surface area contributed by atoms with Crippen LogP contribution in [0.4, 0.5) is 19.0 Å². The van der Waals surface area contributed by atoms with Gasteiger partial charge in [-0.05, 0) is 26.0 Å². The van der Waals surface area contributed by atoms with Gasteiger partial charge in [0, 0.05) is 55.9 Å². The Morgan fingerprint density at radius 2 is 1.90 bits per heavy atom. The molecule has 0 aromatic carbocycles. The fourth-order valence-electron chi connectivity index (χ4n) is 3.72. The average Bonchev–Trinajstić information content (AvgIpc) is 2.97. The number of rotatable bonds is 6. The molecule has 3 heterocycles. The second kappa shape index (κ2) is 8.81. The number of halogens is 4. The number of hydrogen-bond donors (Lipinski definition) is 0. The molecule has 3 rings (SSSR count). The van der Waals surface area contributed by atoms with Crippen LogP contribution < -0.4 is 4.90 Å². The van der Waals surface area contributed by atoms with Gasteiger partial charge in [0.25, 0.3) is 0 Å². The number of carbonyl (C=O) groups is 1. The van der Waals surface area contributed by atoms with Gasteiger partial charge in [-0.3, -0.25) is 9.69 Å². The molecule has 0 atom stereocenters. The van der Waals surface area contributed by atoms with Gasteiger partial charge in [0.05, 0.1) is 17.1 Å². The summed E-state index contributed by atoms with van der Waals surface area (Å²) < 4.78 is 40.4. The highest BCUT2D eigenvalue weighted by atomic mass is 35.5. The van der Waals surface area contributed by atoms with Crippen molar-refractivity contribution < 1.29 is 18.0 Å². The molecule has 0 N–H and O–H groups in total. The summed E-state index contributed by atoms with van der Waals surface area (Å²) in [6.45, 7) is 10.8. The van der Waals surface area contributed by atoms with Gasteiger partial charge in [0.2, 0.25) is 0 Å². The van der Waals surface area contributed by atoms with Crippen LogP contribution in [0, 0.1) is 13.8 Å². The lowest BCUT2D eigenvalue weighted by Gasteiger charge is -2.35. The van der Waals surface area contributed by atoms with Gasteiger partial charge in [-0.1, -0.05) is 17.7 Å². The summed E-state index contributed by atoms with van der Waals surface area (Å²) >= 11 is 6.05. The number of aromatic nitrogens is 2. The smallest absolute Gasteiger partial charge is 0.353 e. The van der Waals surface area contributed by atoms with Crippen LogP contribution >= 0.6 is 11.6 Å². The molecule has 0 aliphatic carbocycles. The fourth-order valence-corrected chi connectivity index (χ4v) is 4.00. The number of anilines is 1. The van der Waals surface area contributed by atoms with Crippen molar-refractivity contribution in [3.63, 3.8) is 0 Å². The fraction of sp³-hybridized carbons (Fsp3) is 0.429. The van der Waals surface area contributed by atoms with Crippen LogP contribution in [0.15, 0.2) is 31.0 Å². The Morgan fingerprint density at radius 3 is 2.47 bits per heavy atom. The van der Waals surface area contributed by atoms with Gasteiger partial charge in [-0.25, -0.2) is 4.98 Å². The molecule has 0 bridgehead atoms. The van der Waals surface area contributed by atoms with Gasteiger partial charge < -0.3 is 9.47 Å². The Kier molecular flexibility index (Phi) is 6.57. The predicted octanol–water partition coefficient (Wildman–Crippen LogP) is 4.36. The summed E-state index contributed by atoms with van der Waals surface area (Å²) in [5.74, 6) is 0.390. The van der Waals surface area contributed by atoms with Crippen molar-refractivity contribution >= 4 is 23.2 Å². The normalized spacial score (nSPS) is 15.5. The van der Waals surface area contributed by atoms with Crippen molar-refractivity contribution in [3.8, 4) is 0 Å². The van der Waals surface area contributed by atoms with Gasteiger partial charge in [0.15, 0.2) is 5.78 Å². The number of piperazine rings is 1. The number of aryl methyl sites for hydroxylation is 1. The topological polar surface area (TPSA) is 41.4 Å². The Morgan fingerprint density at radius 1 is 1.23 bits per heavy atom. The molecule has 2 aromatic heterocycles. The van der Waals surface area contributed by atoms with E-state index in [2.05, 4.69) is 16.1 Å². The van der Waals surface area contributed by atoms with E-state index >= 15 is 0 Å². The number of hydrogen-bond acceptors (Lipinski definition) is 4. The molecule has 30 heavy (non-hydrogen) atoms. The largest absolute Gasteiger partial charge is 0.417 e. The molecule has 0 unspecified atom stereocenters. The third-order valence-corrected chi connectivity index (χ3v) is 5.65. The van der Waals surface area contributed by atoms with Crippen LogP contribution in [0.2, 0.25) is 5.02 Å². The van der Waals surface area contributed by atoms with Crippen molar-refractivity contribution in [2.45, 2.75) is 26.6 Å². The van der Waals surface area contributed by atoms with Gasteiger partial charge in [0.1, 0.15) is 5.82 Å². The molecule has 162 valence electrons. The van der Waals surface area contributed by atoms with E-state index in [-0.39, 0.29) is 10.8 Å². The first-order chi connectivity index (χ1) is 14.1. The number of alkyl halides is 3. The van der Waals surface area contributed by atoms with Crippen LogP contribution in [0.5, 0.6) is 0 Å². The Hall–Kier alpha value is -2.32. The van der Waals surface area contributed by atoms with E-state index in [4.69, 9.17) is 11.6 Å². The molecule has 5 nitrogen and oxygen atoms in total. The van der Waals surface area contributed by atoms with Gasteiger partial charge in [-0.15, -0.1) is 6.58 Å². The first-order valence-corrected chi connectivity index (χ1v) is 10.0. The summed E-state index contributed by atoms with van der Waals surface area (Å²) in [5.41, 5.74) is 1.79. The lowest BCUT2D eigenvalue weighted by molar-refractivity contribution is -0.137. The van der Waals surface area contributed by atoms with Crippen molar-refractivity contribution in [2.75, 3.05) is 37.6 Å². The van der Waals surface area contributed by atoms with E-state index in [9.17, 15) is 18.0 Å². The highest BCUT2D eigenvalue weighted by Gasteiger charge is 2.32. The molecular weight excluding hydrogens is 417 g/mol. The molecule has 1 aliphatic rings. The quantitative estimate of drug-likeness (QED) is 0.494. The molecule has 0 amide bonds. The third-order valence-electron chi connectivity index (χ3n) is 5.37. The van der Waals surface area contributed by atoms with E-state index in [1.807, 2.05) is 29.7 Å². The van der Waals surface area contributed by atoms with E-state index in [0.717, 1.165) is 23.7 Å². The molecule has 1 saturated heterocycles. The zero-order chi connectivity index (χ0) is 22.1. The lowest BCUT2D eigenvalue weighted by Crippen LogP contribution is -2.48. The Balaban J connectivity index is 1.62. The van der Waals surface area contributed by atoms with Crippen molar-refractivity contribution in [2.24, 2.45) is 0 Å². The SMILES string of the molecule is C=CCn1c(C)cc(C(=O)CN2CCN(c3ncc(C(F)(F)F)cc3Cl)CC2)c1C. The molecule has 1 fully saturated rings. The number of allylic oxidation sites excluding steroid dienone is 1. The summed E-state index contributed by atoms with van der Waals surface area (Å²) in [7, 11) is 0. The maximum atomic E-state index is 12.8. The minimum atomic E-state index is -4.48. The molecule has 1 aliphatic heterocycles. The Labute approximate surface area is 178 Å². The average molecular weight is 441 g/mol. The minimum Gasteiger partial charge on any atom is -0.353 e. The highest BCUT2D eigenvalue weighted by molar-refractivity contribution is 6.33. The van der Waals surface area contributed by atoms with Crippen LogP contribution in [0.3, 0.4) is 0 Å². The van der Waals surface area contributed by atoms with Crippen molar-refractivity contribution in [1.29, 1.82) is 0 Å². The first-order valence-electron chi connectivity index (χ1n) is 9.62. The highest BCUT2D eigenvalue weighted by Crippen LogP contribution is 2.33. The number of ketones is 1. The monoisotopic (exact) mass is 440 g/mol. The third kappa shape index (κ3) is 4.70. The zero-order valence-electron chi connectivity index (χ0n) is 17.0. The summed E-state index contributed by atoms with van der Waals surface area (Å²) in [6, 6.07) is 2.81. The van der Waals surface area contributed by atoms with Gasteiger partial charge in [-0.2, -0.15) is 13.2 Å². The molecule has 2 aromatic rings. The van der Waals surface area contributed by atoms with Crippen LogP contribution in [0.25, 0.3) is 0 Å². The van der Waals surface area contributed by atoms with Crippen molar-refractivity contribution in [1.82, 2.24) is 14.5 Å². The number of pyridine rings is 1. The number of Topliss-reactive ketones (excluding diaryl/α,β-unsaturated/α-hetero) is 1. The van der Waals surface area contributed by atoms with Crippen LogP contribution in [-0.4, -0.2) is 53.0 Å². The molecule has 0 spiro atoms. The number of nitrogens with zero attached hydrogens (tertiary/aromatic N) is 4. The minimum absolute atomic E-state index is 0.0241. The standard InChI is InChI=1S/C21H24ClF3N4O/c1-4-5-29-14(2)10-17(15(29)3)19(30)13-27-6-8-28(9-7-27)20-18(22)11-16(12-26-20)21(23,24)25/h4,10-12H,1,5-9,13H2,2-3H3. The maximum absolute atomic E-state index is 12.8. The molecule has 0 radical (unpaired) electrons. The second-order valence-electron chi connectivity index (χ2n) is 7.40. The first kappa shape index (κ1) is 22.4. The van der Waals surface area contributed by atoms with Crippen molar-refractivity contribution in [3.05, 3.63) is 58.5 Å². The van der Waals surface area contributed by atoms with Gasteiger partial charge >= 0.3 is 6.18 Å². The lowest BCUT2D eigenvalue weighted by atomic mass is 10.1. The second-order valence-corrected chi connectivity index (χ2v) is 7.80. The summed E-state index contributed by atoms with van der Waals surface area (Å²) in [5, 5.41) is -0.0241. The van der Waals surface area contributed by atoms with E-state index in [1.54, 1.807) is 6.08 Å². The molecule has 9 heteroatoms. The van der Waals surface area contributed by atoms with E-state index in [1.165, 1.54) is 0 Å².